The molecule has 0 radical (unpaired) electrons. The number of allylic oxidation sites excluding steroid dienone is 12. The molecule has 2 aliphatic rings. The van der Waals surface area contributed by atoms with Gasteiger partial charge in [0.05, 0.1) is 19.8 Å². The Labute approximate surface area is 419 Å². The zero-order valence-electron chi connectivity index (χ0n) is 42.5. The van der Waals surface area contributed by atoms with Gasteiger partial charge in [0.1, 0.15) is 55.4 Å². The number of hydrogen-bond donors (Lipinski definition) is 7. The van der Waals surface area contributed by atoms with Crippen molar-refractivity contribution in [3.63, 3.8) is 0 Å². The summed E-state index contributed by atoms with van der Waals surface area (Å²) in [6, 6.07) is 0. The molecule has 0 bridgehead atoms. The largest absolute Gasteiger partial charge is 0.462 e. The lowest BCUT2D eigenvalue weighted by Gasteiger charge is -2.42. The van der Waals surface area contributed by atoms with Crippen LogP contribution in [0.5, 0.6) is 0 Å². The molecule has 2 heterocycles. The second kappa shape index (κ2) is 41.4. The normalized spacial score (nSPS) is 26.0. The summed E-state index contributed by atoms with van der Waals surface area (Å²) in [6.07, 6.45) is 32.3. The van der Waals surface area contributed by atoms with Crippen molar-refractivity contribution in [3.8, 4) is 0 Å². The Hall–Kier alpha value is -3.06. The van der Waals surface area contributed by atoms with E-state index in [1.165, 1.54) is 70.6 Å². The number of esters is 2. The van der Waals surface area contributed by atoms with Gasteiger partial charge in [-0.1, -0.05) is 151 Å². The molecule has 0 aromatic carbocycles. The molecule has 7 N–H and O–H groups in total. The van der Waals surface area contributed by atoms with Gasteiger partial charge in [-0.3, -0.25) is 9.59 Å². The first-order chi connectivity index (χ1) is 34.0. The van der Waals surface area contributed by atoms with Crippen molar-refractivity contribution in [2.24, 2.45) is 0 Å². The SMILES string of the molecule is CCCCC/C=C/C/C=C/C/C=C/C/C=C/C/C=C/CCC(=O)OC[C@@H](CO[C@@H]1O[C@H](CO[C@@H]2O[C@H](CO)[C@H](O)C(O)C2O)[C@H](O)C(O)C1O)OC(=O)CCCCC/C=C/CCCCCCCCCC. The maximum absolute atomic E-state index is 13.0. The minimum atomic E-state index is -1.78. The fourth-order valence-electron chi connectivity index (χ4n) is 7.78. The number of hydrogen-bond acceptors (Lipinski definition) is 15. The summed E-state index contributed by atoms with van der Waals surface area (Å²) in [5.74, 6) is -1.04. The minimum absolute atomic E-state index is 0.0882. The lowest BCUT2D eigenvalue weighted by atomic mass is 9.98. The molecule has 0 aliphatic carbocycles. The van der Waals surface area contributed by atoms with E-state index in [-0.39, 0.29) is 19.4 Å². The third-order valence-corrected chi connectivity index (χ3v) is 12.2. The number of aliphatic hydroxyl groups is 7. The van der Waals surface area contributed by atoms with Crippen LogP contribution in [0.3, 0.4) is 0 Å². The van der Waals surface area contributed by atoms with Crippen LogP contribution in [0.1, 0.15) is 168 Å². The van der Waals surface area contributed by atoms with Crippen LogP contribution in [0.25, 0.3) is 0 Å². The predicted molar refractivity (Wildman–Crippen MR) is 270 cm³/mol. The van der Waals surface area contributed by atoms with Crippen LogP contribution in [0, 0.1) is 0 Å². The third-order valence-electron chi connectivity index (χ3n) is 12.2. The van der Waals surface area contributed by atoms with Crippen molar-refractivity contribution in [1.29, 1.82) is 0 Å². The molecule has 2 saturated heterocycles. The van der Waals surface area contributed by atoms with E-state index in [9.17, 15) is 45.3 Å². The molecule has 2 aliphatic heterocycles. The molecule has 2 rings (SSSR count). The maximum Gasteiger partial charge on any atom is 0.306 e. The Bertz CT molecular complexity index is 1490. The minimum Gasteiger partial charge on any atom is -0.462 e. The van der Waals surface area contributed by atoms with E-state index in [1.54, 1.807) is 0 Å². The highest BCUT2D eigenvalue weighted by molar-refractivity contribution is 5.70. The zero-order chi connectivity index (χ0) is 51.0. The Kier molecular flexibility index (Phi) is 37.3. The van der Waals surface area contributed by atoms with Crippen LogP contribution in [0.15, 0.2) is 72.9 Å². The topological polar surface area (TPSA) is 231 Å². The summed E-state index contributed by atoms with van der Waals surface area (Å²) in [4.78, 5) is 25.7. The Morgan fingerprint density at radius 1 is 0.457 bits per heavy atom. The molecular formula is C55H92O15. The first-order valence-electron chi connectivity index (χ1n) is 26.5. The molecule has 15 heteroatoms. The van der Waals surface area contributed by atoms with Crippen molar-refractivity contribution >= 4 is 11.9 Å². The summed E-state index contributed by atoms with van der Waals surface area (Å²) in [5.41, 5.74) is 0. The molecule has 402 valence electrons. The molecule has 2 fully saturated rings. The van der Waals surface area contributed by atoms with E-state index in [2.05, 4.69) is 74.6 Å². The first-order valence-corrected chi connectivity index (χ1v) is 26.5. The van der Waals surface area contributed by atoms with Gasteiger partial charge in [-0.05, 0) is 77.0 Å². The number of carbonyl (C=O) groups is 2. The Morgan fingerprint density at radius 2 is 0.886 bits per heavy atom. The van der Waals surface area contributed by atoms with Crippen molar-refractivity contribution in [2.45, 2.75) is 235 Å². The average molecular weight is 993 g/mol. The van der Waals surface area contributed by atoms with Gasteiger partial charge >= 0.3 is 11.9 Å². The molecule has 15 nitrogen and oxygen atoms in total. The number of unbranched alkanes of at least 4 members (excludes halogenated alkanes) is 14. The lowest BCUT2D eigenvalue weighted by Crippen LogP contribution is -2.61. The van der Waals surface area contributed by atoms with Crippen molar-refractivity contribution in [1.82, 2.24) is 0 Å². The highest BCUT2D eigenvalue weighted by Gasteiger charge is 2.47. The maximum atomic E-state index is 13.0. The fraction of sp³-hybridized carbons (Fsp3) is 0.745. The first kappa shape index (κ1) is 63.1. The number of aliphatic hydroxyl groups excluding tert-OH is 7. The molecule has 0 aromatic heterocycles. The molecule has 70 heavy (non-hydrogen) atoms. The van der Waals surface area contributed by atoms with Crippen LogP contribution < -0.4 is 0 Å². The Morgan fingerprint density at radius 3 is 1.44 bits per heavy atom. The summed E-state index contributed by atoms with van der Waals surface area (Å²) in [7, 11) is 0. The van der Waals surface area contributed by atoms with E-state index in [4.69, 9.17) is 28.4 Å². The zero-order valence-corrected chi connectivity index (χ0v) is 42.5. The molecule has 0 amide bonds. The molecule has 4 unspecified atom stereocenters. The van der Waals surface area contributed by atoms with E-state index in [1.807, 2.05) is 12.2 Å². The molecule has 0 aromatic rings. The standard InChI is InChI=1S/C55H92O15/c1-3-5-7-9-11-13-15-17-19-20-21-22-24-25-27-29-31-33-35-37-46(57)65-40-43(68-47(58)38-36-34-32-30-28-26-23-18-16-14-12-10-8-6-4-2)41-66-54-53(64)51(62)49(60)45(70-54)42-67-55-52(63)50(61)48(59)44(39-56)69-55/h11,13,17,19,21-22,25-28,31,33,43-45,48-56,59-64H,3-10,12,14-16,18,20,23-24,29-30,32,34-42H2,1-2H3/b13-11+,19-17+,22-21+,27-25+,28-26+,33-31+/t43-,44+,45+,48-,49-,50?,51?,52?,53?,54+,55+/m0/s1. The number of ether oxygens (including phenoxy) is 6. The van der Waals surface area contributed by atoms with Crippen LogP contribution in [-0.2, 0) is 38.0 Å². The summed E-state index contributed by atoms with van der Waals surface area (Å²) in [6.45, 7) is 2.46. The molecule has 11 atom stereocenters. The molecular weight excluding hydrogens is 901 g/mol. The van der Waals surface area contributed by atoms with E-state index in [0.29, 0.717) is 12.8 Å². The average Bonchev–Trinajstić information content (AvgIpc) is 3.35. The van der Waals surface area contributed by atoms with Crippen molar-refractivity contribution in [2.75, 3.05) is 26.4 Å². The monoisotopic (exact) mass is 993 g/mol. The van der Waals surface area contributed by atoms with Gasteiger partial charge in [-0.25, -0.2) is 0 Å². The van der Waals surface area contributed by atoms with Crippen LogP contribution in [0.2, 0.25) is 0 Å². The highest BCUT2D eigenvalue weighted by Crippen LogP contribution is 2.26. The van der Waals surface area contributed by atoms with E-state index >= 15 is 0 Å². The van der Waals surface area contributed by atoms with Crippen molar-refractivity contribution in [3.05, 3.63) is 72.9 Å². The van der Waals surface area contributed by atoms with E-state index < -0.39 is 99.3 Å². The van der Waals surface area contributed by atoms with Gasteiger partial charge in [0, 0.05) is 12.8 Å². The van der Waals surface area contributed by atoms with Crippen LogP contribution in [0.4, 0.5) is 0 Å². The smallest absolute Gasteiger partial charge is 0.306 e. The second-order valence-corrected chi connectivity index (χ2v) is 18.3. The van der Waals surface area contributed by atoms with Gasteiger partial charge in [0.25, 0.3) is 0 Å². The summed E-state index contributed by atoms with van der Waals surface area (Å²) >= 11 is 0. The van der Waals surface area contributed by atoms with Gasteiger partial charge in [-0.2, -0.15) is 0 Å². The van der Waals surface area contributed by atoms with Gasteiger partial charge in [-0.15, -0.1) is 0 Å². The number of rotatable bonds is 40. The van der Waals surface area contributed by atoms with Crippen LogP contribution in [-0.4, -0.2) is 142 Å². The lowest BCUT2D eigenvalue weighted by molar-refractivity contribution is -0.332. The summed E-state index contributed by atoms with van der Waals surface area (Å²) in [5, 5.41) is 72.1. The van der Waals surface area contributed by atoms with Crippen molar-refractivity contribution < 1.29 is 73.8 Å². The Balaban J connectivity index is 1.84. The van der Waals surface area contributed by atoms with Crippen LogP contribution >= 0.6 is 0 Å². The van der Waals surface area contributed by atoms with Gasteiger partial charge in [0.15, 0.2) is 18.7 Å². The second-order valence-electron chi connectivity index (χ2n) is 18.3. The number of carbonyl (C=O) groups excluding carboxylic acids is 2. The van der Waals surface area contributed by atoms with E-state index in [0.717, 1.165) is 57.8 Å². The van der Waals surface area contributed by atoms with Gasteiger partial charge < -0.3 is 64.2 Å². The summed E-state index contributed by atoms with van der Waals surface area (Å²) < 4.78 is 33.5. The molecule has 0 spiro atoms. The highest BCUT2D eigenvalue weighted by atomic mass is 16.7. The molecule has 0 saturated carbocycles. The quantitative estimate of drug-likeness (QED) is 0.0176. The third kappa shape index (κ3) is 28.8. The van der Waals surface area contributed by atoms with Gasteiger partial charge in [0.2, 0.25) is 0 Å². The predicted octanol–water partition coefficient (Wildman–Crippen LogP) is 7.82. The fourth-order valence-corrected chi connectivity index (χ4v) is 7.78.